The summed E-state index contributed by atoms with van der Waals surface area (Å²) in [7, 11) is 0. The lowest BCUT2D eigenvalue weighted by Gasteiger charge is -2.11. The van der Waals surface area contributed by atoms with E-state index in [1.807, 2.05) is 5.32 Å². The Kier molecular flexibility index (Phi) is 5.36. The van der Waals surface area contributed by atoms with Crippen LogP contribution in [0.4, 0.5) is 8.78 Å². The third-order valence-electron chi connectivity index (χ3n) is 1.06. The molecule has 0 aromatic carbocycles. The molecule has 0 aromatic rings. The van der Waals surface area contributed by atoms with E-state index in [0.29, 0.717) is 0 Å². The standard InChI is InChI=1S/C6H9F2NO3S/c1-3(10)9-4(5(11)12)2-13-6(7)8/h4,6H,2H2,1H3,(H,9,10)(H,11,12)/t4-/m0/s1. The molecular formula is C6H9F2NO3S. The van der Waals surface area contributed by atoms with Crippen molar-refractivity contribution in [3.8, 4) is 0 Å². The summed E-state index contributed by atoms with van der Waals surface area (Å²) in [6, 6.07) is -1.25. The van der Waals surface area contributed by atoms with Crippen LogP contribution >= 0.6 is 11.8 Å². The SMILES string of the molecule is CC(=O)N[C@@H](CSC(F)F)C(=O)O. The lowest BCUT2D eigenvalue weighted by molar-refractivity contribution is -0.140. The zero-order valence-electron chi connectivity index (χ0n) is 6.79. The number of halogens is 2. The zero-order chi connectivity index (χ0) is 10.4. The van der Waals surface area contributed by atoms with E-state index in [-0.39, 0.29) is 17.5 Å². The number of amides is 1. The third-order valence-corrected chi connectivity index (χ3v) is 1.84. The topological polar surface area (TPSA) is 66.4 Å². The van der Waals surface area contributed by atoms with Crippen molar-refractivity contribution >= 4 is 23.6 Å². The fourth-order valence-electron chi connectivity index (χ4n) is 0.589. The van der Waals surface area contributed by atoms with Crippen LogP contribution in [0.15, 0.2) is 0 Å². The van der Waals surface area contributed by atoms with Gasteiger partial charge >= 0.3 is 5.97 Å². The fourth-order valence-corrected chi connectivity index (χ4v) is 1.15. The Hall–Kier alpha value is -0.850. The number of carbonyl (C=O) groups excluding carboxylic acids is 1. The Labute approximate surface area is 77.7 Å². The highest BCUT2D eigenvalue weighted by molar-refractivity contribution is 7.99. The third kappa shape index (κ3) is 6.32. The van der Waals surface area contributed by atoms with Gasteiger partial charge in [0.25, 0.3) is 5.76 Å². The molecule has 0 aliphatic rings. The average molecular weight is 213 g/mol. The molecule has 0 unspecified atom stereocenters. The summed E-state index contributed by atoms with van der Waals surface area (Å²) in [6.07, 6.45) is 0. The molecule has 0 heterocycles. The maximum atomic E-state index is 11.7. The normalized spacial score (nSPS) is 12.6. The van der Waals surface area contributed by atoms with Gasteiger partial charge in [-0.3, -0.25) is 4.79 Å². The van der Waals surface area contributed by atoms with Crippen LogP contribution in [0.3, 0.4) is 0 Å². The molecule has 0 aromatic heterocycles. The number of alkyl halides is 2. The molecule has 0 saturated heterocycles. The molecule has 4 nitrogen and oxygen atoms in total. The molecule has 2 N–H and O–H groups in total. The van der Waals surface area contributed by atoms with Gasteiger partial charge in [-0.1, -0.05) is 11.8 Å². The van der Waals surface area contributed by atoms with Gasteiger partial charge in [0.05, 0.1) is 0 Å². The van der Waals surface area contributed by atoms with Gasteiger partial charge in [0.15, 0.2) is 0 Å². The van der Waals surface area contributed by atoms with Crippen LogP contribution in [0, 0.1) is 0 Å². The Bertz CT molecular complexity index is 200. The van der Waals surface area contributed by atoms with E-state index in [2.05, 4.69) is 0 Å². The first kappa shape index (κ1) is 12.2. The molecule has 0 aliphatic heterocycles. The van der Waals surface area contributed by atoms with E-state index in [1.165, 1.54) is 0 Å². The van der Waals surface area contributed by atoms with Gasteiger partial charge in [-0.25, -0.2) is 4.79 Å². The van der Waals surface area contributed by atoms with Gasteiger partial charge in [0, 0.05) is 12.7 Å². The summed E-state index contributed by atoms with van der Waals surface area (Å²) in [5, 5.41) is 10.5. The van der Waals surface area contributed by atoms with Crippen molar-refractivity contribution in [1.29, 1.82) is 0 Å². The molecular weight excluding hydrogens is 204 g/mol. The molecule has 7 heteroatoms. The predicted octanol–water partition coefficient (Wildman–Crippen LogP) is 0.531. The minimum absolute atomic E-state index is 0.181. The van der Waals surface area contributed by atoms with Crippen LogP contribution in [-0.4, -0.2) is 34.5 Å². The van der Waals surface area contributed by atoms with E-state index < -0.39 is 23.7 Å². The molecule has 0 saturated carbocycles. The van der Waals surface area contributed by atoms with E-state index in [0.717, 1.165) is 6.92 Å². The molecule has 0 rings (SSSR count). The highest BCUT2D eigenvalue weighted by Crippen LogP contribution is 2.14. The number of rotatable bonds is 5. The van der Waals surface area contributed by atoms with E-state index >= 15 is 0 Å². The Morgan fingerprint density at radius 3 is 2.38 bits per heavy atom. The molecule has 0 aliphatic carbocycles. The number of thioether (sulfide) groups is 1. The fraction of sp³-hybridized carbons (Fsp3) is 0.667. The number of hydrogen-bond donors (Lipinski definition) is 2. The molecule has 0 radical (unpaired) electrons. The second-order valence-corrected chi connectivity index (χ2v) is 3.21. The molecule has 13 heavy (non-hydrogen) atoms. The van der Waals surface area contributed by atoms with Crippen LogP contribution in [0.5, 0.6) is 0 Å². The molecule has 1 atom stereocenters. The highest BCUT2D eigenvalue weighted by atomic mass is 32.2. The Morgan fingerprint density at radius 2 is 2.08 bits per heavy atom. The Morgan fingerprint density at radius 1 is 1.54 bits per heavy atom. The smallest absolute Gasteiger partial charge is 0.327 e. The largest absolute Gasteiger partial charge is 0.480 e. The zero-order valence-corrected chi connectivity index (χ0v) is 7.61. The number of nitrogens with one attached hydrogen (secondary N) is 1. The van der Waals surface area contributed by atoms with Crippen molar-refractivity contribution in [2.24, 2.45) is 0 Å². The second-order valence-electron chi connectivity index (χ2n) is 2.19. The number of carboxylic acids is 1. The first-order valence-electron chi connectivity index (χ1n) is 3.33. The summed E-state index contributed by atoms with van der Waals surface area (Å²) in [6.45, 7) is 1.13. The van der Waals surface area contributed by atoms with Crippen molar-refractivity contribution in [2.75, 3.05) is 5.75 Å². The van der Waals surface area contributed by atoms with Gasteiger partial charge in [-0.15, -0.1) is 0 Å². The monoisotopic (exact) mass is 213 g/mol. The molecule has 0 fully saturated rings. The highest BCUT2D eigenvalue weighted by Gasteiger charge is 2.20. The number of aliphatic carboxylic acids is 1. The second kappa shape index (κ2) is 5.74. The van der Waals surface area contributed by atoms with Crippen molar-refractivity contribution in [1.82, 2.24) is 5.32 Å². The summed E-state index contributed by atoms with van der Waals surface area (Å²) in [4.78, 5) is 20.8. The summed E-state index contributed by atoms with van der Waals surface area (Å²) in [5.74, 6) is -4.84. The van der Waals surface area contributed by atoms with Gasteiger partial charge in [-0.2, -0.15) is 8.78 Å². The maximum Gasteiger partial charge on any atom is 0.327 e. The Balaban J connectivity index is 3.95. The number of hydrogen-bond acceptors (Lipinski definition) is 3. The summed E-state index contributed by atoms with van der Waals surface area (Å²) >= 11 is 0.181. The van der Waals surface area contributed by atoms with Crippen molar-refractivity contribution in [3.05, 3.63) is 0 Å². The van der Waals surface area contributed by atoms with Gasteiger partial charge in [-0.05, 0) is 0 Å². The van der Waals surface area contributed by atoms with Crippen LogP contribution in [0.25, 0.3) is 0 Å². The van der Waals surface area contributed by atoms with E-state index in [4.69, 9.17) is 5.11 Å². The van der Waals surface area contributed by atoms with Crippen molar-refractivity contribution in [2.45, 2.75) is 18.7 Å². The predicted molar refractivity (Wildman–Crippen MR) is 43.7 cm³/mol. The van der Waals surface area contributed by atoms with E-state index in [9.17, 15) is 18.4 Å². The lowest BCUT2D eigenvalue weighted by Crippen LogP contribution is -2.41. The average Bonchev–Trinajstić information content (AvgIpc) is 1.96. The first-order valence-corrected chi connectivity index (χ1v) is 4.38. The van der Waals surface area contributed by atoms with Gasteiger partial charge < -0.3 is 10.4 Å². The lowest BCUT2D eigenvalue weighted by atomic mass is 10.3. The van der Waals surface area contributed by atoms with Crippen molar-refractivity contribution < 1.29 is 23.5 Å². The van der Waals surface area contributed by atoms with Crippen LogP contribution in [0.2, 0.25) is 0 Å². The van der Waals surface area contributed by atoms with Crippen LogP contribution < -0.4 is 5.32 Å². The maximum absolute atomic E-state index is 11.7. The molecule has 0 spiro atoms. The molecule has 1 amide bonds. The first-order chi connectivity index (χ1) is 5.93. The van der Waals surface area contributed by atoms with Crippen LogP contribution in [0.1, 0.15) is 6.92 Å². The summed E-state index contributed by atoms with van der Waals surface area (Å²) in [5.41, 5.74) is 0. The molecule has 0 bridgehead atoms. The minimum atomic E-state index is -2.63. The summed E-state index contributed by atoms with van der Waals surface area (Å²) < 4.78 is 23.3. The van der Waals surface area contributed by atoms with Gasteiger partial charge in [0.1, 0.15) is 6.04 Å². The van der Waals surface area contributed by atoms with Crippen LogP contribution in [-0.2, 0) is 9.59 Å². The van der Waals surface area contributed by atoms with E-state index in [1.54, 1.807) is 0 Å². The quantitative estimate of drug-likeness (QED) is 0.699. The number of carboxylic acid groups (broad SMARTS) is 1. The number of carbonyl (C=O) groups is 2. The molecule has 76 valence electrons. The minimum Gasteiger partial charge on any atom is -0.480 e. The van der Waals surface area contributed by atoms with Crippen molar-refractivity contribution in [3.63, 3.8) is 0 Å². The van der Waals surface area contributed by atoms with Gasteiger partial charge in [0.2, 0.25) is 5.91 Å².